The van der Waals surface area contributed by atoms with Crippen LogP contribution >= 0.6 is 0 Å². The van der Waals surface area contributed by atoms with Crippen molar-refractivity contribution in [1.29, 1.82) is 0 Å². The van der Waals surface area contributed by atoms with Crippen molar-refractivity contribution < 1.29 is 13.9 Å². The Morgan fingerprint density at radius 3 is 2.81 bits per heavy atom. The van der Waals surface area contributed by atoms with Crippen LogP contribution < -0.4 is 15.4 Å². The van der Waals surface area contributed by atoms with Crippen LogP contribution in [-0.2, 0) is 4.74 Å². The molecule has 1 aliphatic heterocycles. The van der Waals surface area contributed by atoms with Gasteiger partial charge in [-0.3, -0.25) is 4.90 Å². The maximum absolute atomic E-state index is 13.3. The second-order valence-electron chi connectivity index (χ2n) is 6.56. The van der Waals surface area contributed by atoms with Gasteiger partial charge in [0.2, 0.25) is 0 Å². The molecular formula is C20H33FN4O2. The first-order chi connectivity index (χ1) is 13.2. The van der Waals surface area contributed by atoms with Gasteiger partial charge in [0.05, 0.1) is 19.8 Å². The number of hydrogen-bond donors (Lipinski definition) is 2. The lowest BCUT2D eigenvalue weighted by Gasteiger charge is -2.26. The molecule has 152 valence electrons. The van der Waals surface area contributed by atoms with E-state index in [0.717, 1.165) is 64.7 Å². The Balaban J connectivity index is 1.76. The zero-order valence-corrected chi connectivity index (χ0v) is 16.5. The third-order valence-electron chi connectivity index (χ3n) is 4.40. The van der Waals surface area contributed by atoms with Crippen molar-refractivity contribution in [2.24, 2.45) is 4.99 Å². The molecule has 6 nitrogen and oxygen atoms in total. The molecule has 0 aliphatic carbocycles. The standard InChI is InChI=1S/C20H33FN4O2/c1-3-18(27-19-8-5-7-17(21)15-19)16-24-20(22-4-2)23-9-6-10-25-11-13-26-14-12-25/h5,7-8,15,18H,3-4,6,9-14,16H2,1-2H3,(H2,22,23,24). The van der Waals surface area contributed by atoms with Crippen LogP contribution in [0.25, 0.3) is 0 Å². The summed E-state index contributed by atoms with van der Waals surface area (Å²) in [4.78, 5) is 7.06. The van der Waals surface area contributed by atoms with Crippen molar-refractivity contribution >= 4 is 5.96 Å². The zero-order valence-electron chi connectivity index (χ0n) is 16.5. The van der Waals surface area contributed by atoms with Gasteiger partial charge in [-0.05, 0) is 38.4 Å². The minimum absolute atomic E-state index is 0.0874. The molecule has 27 heavy (non-hydrogen) atoms. The van der Waals surface area contributed by atoms with Crippen molar-refractivity contribution in [3.05, 3.63) is 30.1 Å². The third kappa shape index (κ3) is 8.58. The number of guanidine groups is 1. The van der Waals surface area contributed by atoms with Gasteiger partial charge in [0.15, 0.2) is 5.96 Å². The number of nitrogens with zero attached hydrogens (tertiary/aromatic N) is 2. The molecular weight excluding hydrogens is 347 g/mol. The highest BCUT2D eigenvalue weighted by molar-refractivity contribution is 5.79. The first kappa shape index (κ1) is 21.4. The lowest BCUT2D eigenvalue weighted by molar-refractivity contribution is 0.0376. The highest BCUT2D eigenvalue weighted by Crippen LogP contribution is 2.15. The van der Waals surface area contributed by atoms with Gasteiger partial charge in [0.25, 0.3) is 0 Å². The van der Waals surface area contributed by atoms with Crippen molar-refractivity contribution in [2.75, 3.05) is 52.5 Å². The Hall–Kier alpha value is -1.86. The first-order valence-corrected chi connectivity index (χ1v) is 9.95. The van der Waals surface area contributed by atoms with E-state index < -0.39 is 0 Å². The Bertz CT molecular complexity index is 565. The van der Waals surface area contributed by atoms with Crippen molar-refractivity contribution in [3.8, 4) is 5.75 Å². The summed E-state index contributed by atoms with van der Waals surface area (Å²) in [6.07, 6.45) is 1.77. The van der Waals surface area contributed by atoms with Gasteiger partial charge in [-0.1, -0.05) is 13.0 Å². The van der Waals surface area contributed by atoms with E-state index in [4.69, 9.17) is 9.47 Å². The Kier molecular flexibility index (Phi) is 9.94. The molecule has 2 N–H and O–H groups in total. The fourth-order valence-corrected chi connectivity index (χ4v) is 2.85. The fourth-order valence-electron chi connectivity index (χ4n) is 2.85. The molecule has 2 rings (SSSR count). The van der Waals surface area contributed by atoms with Crippen LogP contribution in [-0.4, -0.2) is 69.4 Å². The minimum atomic E-state index is -0.291. The van der Waals surface area contributed by atoms with Crippen LogP contribution in [0.5, 0.6) is 5.75 Å². The summed E-state index contributed by atoms with van der Waals surface area (Å²) >= 11 is 0. The number of benzene rings is 1. The van der Waals surface area contributed by atoms with Crippen LogP contribution in [0.2, 0.25) is 0 Å². The molecule has 1 atom stereocenters. The second-order valence-corrected chi connectivity index (χ2v) is 6.56. The SMILES string of the molecule is CCNC(=NCC(CC)Oc1cccc(F)c1)NCCCN1CCOCC1. The minimum Gasteiger partial charge on any atom is -0.488 e. The van der Waals surface area contributed by atoms with Crippen LogP contribution in [0.3, 0.4) is 0 Å². The van der Waals surface area contributed by atoms with Gasteiger partial charge in [-0.25, -0.2) is 9.38 Å². The monoisotopic (exact) mass is 380 g/mol. The number of nitrogens with one attached hydrogen (secondary N) is 2. The third-order valence-corrected chi connectivity index (χ3v) is 4.40. The van der Waals surface area contributed by atoms with Gasteiger partial charge in [-0.2, -0.15) is 0 Å². The van der Waals surface area contributed by atoms with Crippen molar-refractivity contribution in [1.82, 2.24) is 15.5 Å². The molecule has 1 unspecified atom stereocenters. The number of halogens is 1. The quantitative estimate of drug-likeness (QED) is 0.370. The summed E-state index contributed by atoms with van der Waals surface area (Å²) < 4.78 is 24.5. The van der Waals surface area contributed by atoms with Gasteiger partial charge in [0.1, 0.15) is 17.7 Å². The van der Waals surface area contributed by atoms with E-state index >= 15 is 0 Å². The molecule has 0 amide bonds. The molecule has 1 aliphatic rings. The molecule has 0 spiro atoms. The lowest BCUT2D eigenvalue weighted by Crippen LogP contribution is -2.41. The predicted octanol–water partition coefficient (Wildman–Crippen LogP) is 2.26. The molecule has 1 saturated heterocycles. The average Bonchev–Trinajstić information content (AvgIpc) is 2.69. The van der Waals surface area contributed by atoms with Gasteiger partial charge in [0, 0.05) is 32.2 Å². The molecule has 7 heteroatoms. The molecule has 0 radical (unpaired) electrons. The normalized spacial score (nSPS) is 16.8. The molecule has 1 aromatic carbocycles. The van der Waals surface area contributed by atoms with Gasteiger partial charge < -0.3 is 20.1 Å². The maximum atomic E-state index is 13.3. The van der Waals surface area contributed by atoms with Crippen LogP contribution in [0.1, 0.15) is 26.7 Å². The summed E-state index contributed by atoms with van der Waals surface area (Å²) in [5.41, 5.74) is 0. The Labute approximate surface area is 162 Å². The Morgan fingerprint density at radius 2 is 2.11 bits per heavy atom. The molecule has 1 aromatic rings. The van der Waals surface area contributed by atoms with Crippen LogP contribution in [0.15, 0.2) is 29.3 Å². The molecule has 1 fully saturated rings. The fraction of sp³-hybridized carbons (Fsp3) is 0.650. The van der Waals surface area contributed by atoms with Crippen LogP contribution in [0.4, 0.5) is 4.39 Å². The summed E-state index contributed by atoms with van der Waals surface area (Å²) in [5, 5.41) is 6.64. The summed E-state index contributed by atoms with van der Waals surface area (Å²) in [6.45, 7) is 11.0. The van der Waals surface area contributed by atoms with E-state index in [-0.39, 0.29) is 11.9 Å². The number of aliphatic imine (C=N–C) groups is 1. The van der Waals surface area contributed by atoms with E-state index in [1.807, 2.05) is 13.8 Å². The Morgan fingerprint density at radius 1 is 1.30 bits per heavy atom. The second kappa shape index (κ2) is 12.5. The number of hydrogen-bond acceptors (Lipinski definition) is 4. The smallest absolute Gasteiger partial charge is 0.191 e. The summed E-state index contributed by atoms with van der Waals surface area (Å²) in [5.74, 6) is 1.04. The topological polar surface area (TPSA) is 58.1 Å². The molecule has 0 aromatic heterocycles. The summed E-state index contributed by atoms with van der Waals surface area (Å²) in [6, 6.07) is 6.24. The molecule has 0 bridgehead atoms. The van der Waals surface area contributed by atoms with E-state index in [1.165, 1.54) is 12.1 Å². The summed E-state index contributed by atoms with van der Waals surface area (Å²) in [7, 11) is 0. The molecule has 1 heterocycles. The number of rotatable bonds is 10. The van der Waals surface area contributed by atoms with Gasteiger partial charge >= 0.3 is 0 Å². The number of ether oxygens (including phenoxy) is 2. The lowest BCUT2D eigenvalue weighted by atomic mass is 10.2. The van der Waals surface area contributed by atoms with Crippen LogP contribution in [0, 0.1) is 5.82 Å². The zero-order chi connectivity index (χ0) is 19.3. The van der Waals surface area contributed by atoms with Crippen molar-refractivity contribution in [3.63, 3.8) is 0 Å². The maximum Gasteiger partial charge on any atom is 0.191 e. The van der Waals surface area contributed by atoms with Gasteiger partial charge in [-0.15, -0.1) is 0 Å². The van der Waals surface area contributed by atoms with E-state index in [2.05, 4.69) is 20.5 Å². The molecule has 0 saturated carbocycles. The van der Waals surface area contributed by atoms with E-state index in [1.54, 1.807) is 12.1 Å². The van der Waals surface area contributed by atoms with E-state index in [9.17, 15) is 4.39 Å². The predicted molar refractivity (Wildman–Crippen MR) is 107 cm³/mol. The first-order valence-electron chi connectivity index (χ1n) is 9.95. The highest BCUT2D eigenvalue weighted by atomic mass is 19.1. The average molecular weight is 381 g/mol. The largest absolute Gasteiger partial charge is 0.488 e. The van der Waals surface area contributed by atoms with Crippen molar-refractivity contribution in [2.45, 2.75) is 32.8 Å². The highest BCUT2D eigenvalue weighted by Gasteiger charge is 2.11. The van der Waals surface area contributed by atoms with E-state index in [0.29, 0.717) is 12.3 Å². The number of morpholine rings is 1.